The fourth-order valence-electron chi connectivity index (χ4n) is 10.2. The number of nitrogens with zero attached hydrogens (tertiary/aromatic N) is 2. The molecule has 372 valence electrons. The van der Waals surface area contributed by atoms with Crippen molar-refractivity contribution in [2.75, 3.05) is 39.2 Å². The van der Waals surface area contributed by atoms with Gasteiger partial charge in [-0.2, -0.15) is 0 Å². The second-order valence-electron chi connectivity index (χ2n) is 20.5. The van der Waals surface area contributed by atoms with Crippen molar-refractivity contribution in [1.82, 2.24) is 4.98 Å². The molecule has 15 nitrogen and oxygen atoms in total. The number of likely N-dealkylation sites (tertiary alicyclic amines) is 1. The maximum Gasteiger partial charge on any atom is 0.312 e. The van der Waals surface area contributed by atoms with Crippen LogP contribution in [0.3, 0.4) is 0 Å². The summed E-state index contributed by atoms with van der Waals surface area (Å²) >= 11 is 0. The highest BCUT2D eigenvalue weighted by atomic mass is 16.7. The first-order valence-electron chi connectivity index (χ1n) is 24.2. The molecule has 0 saturated carbocycles. The van der Waals surface area contributed by atoms with Crippen molar-refractivity contribution in [2.45, 2.75) is 119 Å². The largest absolute Gasteiger partial charge is 0.507 e. The zero-order chi connectivity index (χ0) is 50.4. The third-order valence-corrected chi connectivity index (χ3v) is 15.7. The summed E-state index contributed by atoms with van der Waals surface area (Å²) in [6, 6.07) is 5.74. The molecule has 15 heteroatoms. The number of phenols is 1. The Kier molecular flexibility index (Phi) is 14.7. The van der Waals surface area contributed by atoms with E-state index in [2.05, 4.69) is 26.2 Å². The average molecular weight is 953 g/mol. The smallest absolute Gasteiger partial charge is 0.312 e. The first-order chi connectivity index (χ1) is 32.5. The molecule has 0 radical (unpaired) electrons. The number of anilines is 1. The number of hydrogen-bond donors (Lipinski definition) is 3. The van der Waals surface area contributed by atoms with Crippen LogP contribution in [-0.4, -0.2) is 101 Å². The SMILES string of the molecule is CO[C@H]1/C=C/O[C@@]2(C)Oc3c(C)c(O)c4c(=O)c(c5oc6cc(OCC7CC[N+](C)(C(C)C)CC7)ccc6nc-5c4c3C2=O)NC(=O)/C(C)=C\C=C\[C@H](C)[C@H](O)[C@@H](C)[C@@H](C)[C@@H](C)[C@H](OC(C)=O)[C@@H]1C. The number of carbonyl (C=O) groups is 3. The van der Waals surface area contributed by atoms with Gasteiger partial charge in [0.2, 0.25) is 5.43 Å². The van der Waals surface area contributed by atoms with Crippen molar-refractivity contribution < 1.29 is 57.2 Å². The van der Waals surface area contributed by atoms with E-state index in [1.54, 1.807) is 49.4 Å². The Labute approximate surface area is 404 Å². The van der Waals surface area contributed by atoms with Gasteiger partial charge in [0.05, 0.1) is 62.2 Å². The number of amides is 1. The maximum absolute atomic E-state index is 14.9. The quantitative estimate of drug-likeness (QED) is 0.0719. The minimum Gasteiger partial charge on any atom is -0.507 e. The van der Waals surface area contributed by atoms with E-state index in [-0.39, 0.29) is 79.6 Å². The van der Waals surface area contributed by atoms with Crippen LogP contribution < -0.4 is 20.2 Å². The Balaban J connectivity index is 1.37. The number of Topliss-reactive ketones (excluding diaryl/α,β-unsaturated/α-hetero) is 1. The van der Waals surface area contributed by atoms with Gasteiger partial charge in [-0.05, 0) is 63.7 Å². The number of esters is 1. The lowest BCUT2D eigenvalue weighted by Gasteiger charge is -2.43. The molecule has 1 saturated heterocycles. The monoisotopic (exact) mass is 952 g/mol. The van der Waals surface area contributed by atoms with Crippen LogP contribution in [0.2, 0.25) is 0 Å². The molecule has 4 aliphatic heterocycles. The highest BCUT2D eigenvalue weighted by Crippen LogP contribution is 2.50. The number of rotatable bonds is 6. The van der Waals surface area contributed by atoms with E-state index in [0.29, 0.717) is 29.8 Å². The Morgan fingerprint density at radius 1 is 1.00 bits per heavy atom. The van der Waals surface area contributed by atoms with Crippen LogP contribution in [-0.2, 0) is 23.8 Å². The van der Waals surface area contributed by atoms with Crippen LogP contribution in [0.25, 0.3) is 33.3 Å². The molecular formula is C54H70N3O12+. The molecule has 0 aromatic heterocycles. The van der Waals surface area contributed by atoms with Gasteiger partial charge < -0.3 is 48.1 Å². The van der Waals surface area contributed by atoms with Gasteiger partial charge in [-0.3, -0.25) is 19.2 Å². The first kappa shape index (κ1) is 51.1. The van der Waals surface area contributed by atoms with E-state index in [4.69, 9.17) is 33.1 Å². The van der Waals surface area contributed by atoms with Crippen LogP contribution in [0, 0.1) is 42.4 Å². The number of piperidine rings is 1. The Hall–Kier alpha value is -5.77. The number of aromatic hydroxyl groups is 1. The second kappa shape index (κ2) is 19.9. The second-order valence-corrected chi connectivity index (χ2v) is 20.5. The van der Waals surface area contributed by atoms with E-state index in [0.717, 1.165) is 30.4 Å². The van der Waals surface area contributed by atoms with Crippen molar-refractivity contribution in [3.8, 4) is 28.7 Å². The number of carbonyl (C=O) groups excluding carboxylic acids is 3. The molecule has 1 aliphatic carbocycles. The number of aliphatic hydroxyl groups excluding tert-OH is 1. The zero-order valence-corrected chi connectivity index (χ0v) is 42.3. The average Bonchev–Trinajstić information content (AvgIpc) is 3.58. The number of aliphatic hydroxyl groups is 1. The predicted octanol–water partition coefficient (Wildman–Crippen LogP) is 8.87. The van der Waals surface area contributed by atoms with Gasteiger partial charge in [0.1, 0.15) is 40.3 Å². The third-order valence-electron chi connectivity index (χ3n) is 15.7. The van der Waals surface area contributed by atoms with E-state index < -0.39 is 58.9 Å². The third kappa shape index (κ3) is 9.74. The topological polar surface area (TPSA) is 193 Å². The lowest BCUT2D eigenvalue weighted by molar-refractivity contribution is -0.935. The van der Waals surface area contributed by atoms with Crippen LogP contribution in [0.15, 0.2) is 63.6 Å². The number of phenolic OH excluding ortho intramolecular Hbond substituents is 1. The van der Waals surface area contributed by atoms with Crippen LogP contribution in [0.5, 0.6) is 17.2 Å². The van der Waals surface area contributed by atoms with Gasteiger partial charge in [-0.25, -0.2) is 4.98 Å². The lowest BCUT2D eigenvalue weighted by Crippen LogP contribution is -2.54. The van der Waals surface area contributed by atoms with Crippen LogP contribution >= 0.6 is 0 Å². The van der Waals surface area contributed by atoms with Crippen LogP contribution in [0.1, 0.15) is 98.0 Å². The predicted molar refractivity (Wildman–Crippen MR) is 263 cm³/mol. The van der Waals surface area contributed by atoms with E-state index in [1.807, 2.05) is 34.6 Å². The number of aromatic nitrogens is 1. The Bertz CT molecular complexity index is 2750. The normalized spacial score (nSPS) is 32.1. The van der Waals surface area contributed by atoms with Crippen molar-refractivity contribution >= 4 is 45.2 Å². The summed E-state index contributed by atoms with van der Waals surface area (Å²) in [7, 11) is 3.82. The summed E-state index contributed by atoms with van der Waals surface area (Å²) in [5, 5.41) is 25.9. The number of methoxy groups -OCH3 is 1. The van der Waals surface area contributed by atoms with Gasteiger partial charge in [0, 0.05) is 74.1 Å². The molecule has 2 aromatic rings. The number of fused-ring (bicyclic) bond motifs is 2. The molecule has 4 bridgehead atoms. The highest BCUT2D eigenvalue weighted by Gasteiger charge is 2.50. The summed E-state index contributed by atoms with van der Waals surface area (Å²) in [4.78, 5) is 61.3. The number of allylic oxidation sites excluding steroid dienone is 2. The molecule has 1 amide bonds. The van der Waals surface area contributed by atoms with Gasteiger partial charge in [0.25, 0.3) is 11.7 Å². The first-order valence-corrected chi connectivity index (χ1v) is 24.2. The molecule has 5 aliphatic rings. The molecule has 1 fully saturated rings. The fourth-order valence-corrected chi connectivity index (χ4v) is 10.2. The molecule has 2 aromatic carbocycles. The molecular weight excluding hydrogens is 883 g/mol. The Morgan fingerprint density at radius 3 is 2.35 bits per heavy atom. The Morgan fingerprint density at radius 2 is 1.70 bits per heavy atom. The summed E-state index contributed by atoms with van der Waals surface area (Å²) in [5.41, 5.74) is -0.242. The lowest BCUT2D eigenvalue weighted by atomic mass is 9.73. The van der Waals surface area contributed by atoms with E-state index in [9.17, 15) is 29.4 Å². The van der Waals surface area contributed by atoms with Crippen molar-refractivity contribution in [1.29, 1.82) is 0 Å². The molecule has 9 atom stereocenters. The summed E-state index contributed by atoms with van der Waals surface area (Å²) in [5.74, 6) is -4.94. The molecule has 0 spiro atoms. The molecule has 4 heterocycles. The summed E-state index contributed by atoms with van der Waals surface area (Å²) in [6.07, 6.45) is 7.87. The summed E-state index contributed by atoms with van der Waals surface area (Å²) < 4.78 is 38.2. The van der Waals surface area contributed by atoms with Gasteiger partial charge in [-0.1, -0.05) is 52.8 Å². The number of ether oxygens (including phenoxy) is 5. The maximum atomic E-state index is 14.9. The minimum atomic E-state index is -2.00. The molecule has 0 unspecified atom stereocenters. The van der Waals surface area contributed by atoms with Crippen molar-refractivity contribution in [3.05, 3.63) is 75.7 Å². The number of hydrogen-bond acceptors (Lipinski definition) is 13. The molecule has 3 N–H and O–H groups in total. The number of benzene rings is 3. The van der Waals surface area contributed by atoms with E-state index >= 15 is 0 Å². The van der Waals surface area contributed by atoms with Gasteiger partial charge >= 0.3 is 11.8 Å². The highest BCUT2D eigenvalue weighted by molar-refractivity contribution is 6.22. The van der Waals surface area contributed by atoms with Gasteiger partial charge in [0.15, 0.2) is 11.3 Å². The number of nitrogens with one attached hydrogen (secondary N) is 1. The van der Waals surface area contributed by atoms with E-state index in [1.165, 1.54) is 34.1 Å². The minimum absolute atomic E-state index is 0.0129. The zero-order valence-electron chi connectivity index (χ0n) is 42.3. The summed E-state index contributed by atoms with van der Waals surface area (Å²) in [6.45, 7) is 22.7. The fraction of sp³-hybridized carbons (Fsp3) is 0.537. The van der Waals surface area contributed by atoms with Crippen LogP contribution in [0.4, 0.5) is 5.69 Å². The molecule has 7 rings (SSSR count). The number of quaternary nitrogens is 1. The van der Waals surface area contributed by atoms with Crippen molar-refractivity contribution in [2.24, 2.45) is 35.5 Å². The van der Waals surface area contributed by atoms with Gasteiger partial charge in [-0.15, -0.1) is 0 Å². The molecule has 69 heavy (non-hydrogen) atoms. The standard InChI is InChI=1S/C54H69N3O12/c1-27(2)57(12)22-19-36(20-23-57)26-65-37-17-18-38-40(25-37)68-51-44(55-38)41-42-47(60)34(9)50-43(41)52(62)54(11,69-50)66-24-21-39(64-13)33(8)49(67-35(10)58)32(7)30(5)31(6)46(59)28(3)15-14-16-29(4)53(63)56-45(51)48(42)61/h14-18,21,24-25,27-28,30-33,36,39,46,49,59H,19-20,22-23,26H2,1-13H3,(H-,55,56,60,61,62,63)/p+1/b15-14+,24-21+,29-16-/t28-,30+,31-,32+,33+,36?,39-,46-,49-,54-,57?/m0/s1. The van der Waals surface area contributed by atoms with Crippen molar-refractivity contribution in [3.63, 3.8) is 0 Å². The number of ketones is 1.